The third-order valence-corrected chi connectivity index (χ3v) is 3.57. The molecule has 1 rings (SSSR count). The minimum atomic E-state index is 0.655. The van der Waals surface area contributed by atoms with E-state index in [0.717, 1.165) is 25.0 Å². The van der Waals surface area contributed by atoms with Gasteiger partial charge in [-0.1, -0.05) is 20.3 Å². The smallest absolute Gasteiger partial charge is 0.0469 e. The molecule has 2 nitrogen and oxygen atoms in total. The summed E-state index contributed by atoms with van der Waals surface area (Å²) < 4.78 is 5.35. The van der Waals surface area contributed by atoms with Crippen LogP contribution in [0.2, 0.25) is 0 Å². The van der Waals surface area contributed by atoms with Crippen molar-refractivity contribution in [3.05, 3.63) is 0 Å². The first-order valence-corrected chi connectivity index (χ1v) is 6.05. The van der Waals surface area contributed by atoms with Gasteiger partial charge in [0.2, 0.25) is 0 Å². The SMILES string of the molecule is CCC(C)C(C)NCC1CCOCC1. The predicted molar refractivity (Wildman–Crippen MR) is 60.5 cm³/mol. The Morgan fingerprint density at radius 1 is 1.29 bits per heavy atom. The van der Waals surface area contributed by atoms with Gasteiger partial charge in [0.15, 0.2) is 0 Å². The van der Waals surface area contributed by atoms with E-state index in [0.29, 0.717) is 6.04 Å². The van der Waals surface area contributed by atoms with Gasteiger partial charge in [0.1, 0.15) is 0 Å². The summed E-state index contributed by atoms with van der Waals surface area (Å²) >= 11 is 0. The van der Waals surface area contributed by atoms with Gasteiger partial charge in [-0.3, -0.25) is 0 Å². The van der Waals surface area contributed by atoms with Gasteiger partial charge in [0.05, 0.1) is 0 Å². The number of ether oxygens (including phenoxy) is 1. The zero-order chi connectivity index (χ0) is 10.4. The summed E-state index contributed by atoms with van der Waals surface area (Å²) in [6.45, 7) is 9.98. The molecule has 1 heterocycles. The fourth-order valence-corrected chi connectivity index (χ4v) is 1.86. The average molecular weight is 199 g/mol. The van der Waals surface area contributed by atoms with Crippen molar-refractivity contribution in [1.82, 2.24) is 5.32 Å². The van der Waals surface area contributed by atoms with E-state index in [4.69, 9.17) is 4.74 Å². The maximum atomic E-state index is 5.35. The second kappa shape index (κ2) is 6.41. The number of rotatable bonds is 5. The highest BCUT2D eigenvalue weighted by Gasteiger charge is 2.16. The van der Waals surface area contributed by atoms with Crippen molar-refractivity contribution in [2.45, 2.75) is 46.1 Å². The summed E-state index contributed by atoms with van der Waals surface area (Å²) in [5, 5.41) is 3.65. The molecular weight excluding hydrogens is 174 g/mol. The van der Waals surface area contributed by atoms with Crippen LogP contribution in [-0.2, 0) is 4.74 Å². The monoisotopic (exact) mass is 199 g/mol. The lowest BCUT2D eigenvalue weighted by molar-refractivity contribution is 0.0650. The standard InChI is InChI=1S/C12H25NO/c1-4-10(2)11(3)13-9-12-5-7-14-8-6-12/h10-13H,4-9H2,1-3H3. The van der Waals surface area contributed by atoms with Crippen molar-refractivity contribution in [2.75, 3.05) is 19.8 Å². The van der Waals surface area contributed by atoms with Crippen LogP contribution in [-0.4, -0.2) is 25.8 Å². The molecule has 1 N–H and O–H groups in total. The lowest BCUT2D eigenvalue weighted by Gasteiger charge is -2.26. The number of hydrogen-bond donors (Lipinski definition) is 1. The summed E-state index contributed by atoms with van der Waals surface area (Å²) in [7, 11) is 0. The second-order valence-corrected chi connectivity index (χ2v) is 4.64. The van der Waals surface area contributed by atoms with Crippen LogP contribution in [0.25, 0.3) is 0 Å². The Balaban J connectivity index is 2.12. The van der Waals surface area contributed by atoms with Crippen molar-refractivity contribution in [3.63, 3.8) is 0 Å². The quantitative estimate of drug-likeness (QED) is 0.734. The molecule has 0 saturated carbocycles. The van der Waals surface area contributed by atoms with Gasteiger partial charge in [-0.05, 0) is 38.1 Å². The fraction of sp³-hybridized carbons (Fsp3) is 1.00. The Bertz CT molecular complexity index is 141. The normalized spacial score (nSPS) is 23.4. The van der Waals surface area contributed by atoms with Crippen LogP contribution in [0.5, 0.6) is 0 Å². The summed E-state index contributed by atoms with van der Waals surface area (Å²) in [6, 6.07) is 0.655. The highest BCUT2D eigenvalue weighted by molar-refractivity contribution is 4.71. The van der Waals surface area contributed by atoms with Crippen molar-refractivity contribution >= 4 is 0 Å². The molecule has 0 radical (unpaired) electrons. The van der Waals surface area contributed by atoms with Gasteiger partial charge in [0.25, 0.3) is 0 Å². The zero-order valence-corrected chi connectivity index (χ0v) is 9.88. The Hall–Kier alpha value is -0.0800. The first-order chi connectivity index (χ1) is 6.74. The van der Waals surface area contributed by atoms with E-state index < -0.39 is 0 Å². The van der Waals surface area contributed by atoms with E-state index in [9.17, 15) is 0 Å². The van der Waals surface area contributed by atoms with E-state index in [1.54, 1.807) is 0 Å². The molecule has 0 spiro atoms. The summed E-state index contributed by atoms with van der Waals surface area (Å²) in [5.74, 6) is 1.63. The van der Waals surface area contributed by atoms with Gasteiger partial charge < -0.3 is 10.1 Å². The molecule has 0 aromatic rings. The van der Waals surface area contributed by atoms with Gasteiger partial charge in [0, 0.05) is 19.3 Å². The first kappa shape index (κ1) is 12.0. The average Bonchev–Trinajstić information content (AvgIpc) is 2.26. The van der Waals surface area contributed by atoms with Crippen LogP contribution in [0, 0.1) is 11.8 Å². The van der Waals surface area contributed by atoms with Gasteiger partial charge in [-0.2, -0.15) is 0 Å². The highest BCUT2D eigenvalue weighted by atomic mass is 16.5. The Kier molecular flexibility index (Phi) is 5.49. The minimum Gasteiger partial charge on any atom is -0.381 e. The molecule has 1 fully saturated rings. The molecule has 14 heavy (non-hydrogen) atoms. The molecule has 0 aromatic heterocycles. The topological polar surface area (TPSA) is 21.3 Å². The third kappa shape index (κ3) is 3.97. The van der Waals surface area contributed by atoms with E-state index in [1.165, 1.54) is 25.8 Å². The molecule has 84 valence electrons. The Morgan fingerprint density at radius 3 is 2.50 bits per heavy atom. The van der Waals surface area contributed by atoms with Crippen molar-refractivity contribution in [3.8, 4) is 0 Å². The molecule has 1 aliphatic heterocycles. The van der Waals surface area contributed by atoms with Crippen LogP contribution >= 0.6 is 0 Å². The fourth-order valence-electron chi connectivity index (χ4n) is 1.86. The van der Waals surface area contributed by atoms with Gasteiger partial charge in [-0.15, -0.1) is 0 Å². The predicted octanol–water partition coefficient (Wildman–Crippen LogP) is 2.44. The zero-order valence-electron chi connectivity index (χ0n) is 9.88. The molecule has 2 atom stereocenters. The summed E-state index contributed by atoms with van der Waals surface area (Å²) in [6.07, 6.45) is 3.74. The molecule has 0 amide bonds. The Labute approximate surface area is 88.4 Å². The van der Waals surface area contributed by atoms with E-state index in [2.05, 4.69) is 26.1 Å². The molecular formula is C12H25NO. The lowest BCUT2D eigenvalue weighted by atomic mass is 9.97. The first-order valence-electron chi connectivity index (χ1n) is 6.05. The van der Waals surface area contributed by atoms with Crippen LogP contribution in [0.1, 0.15) is 40.0 Å². The molecule has 2 heteroatoms. The Morgan fingerprint density at radius 2 is 1.93 bits per heavy atom. The summed E-state index contributed by atoms with van der Waals surface area (Å²) in [5.41, 5.74) is 0. The molecule has 0 bridgehead atoms. The van der Waals surface area contributed by atoms with E-state index >= 15 is 0 Å². The van der Waals surface area contributed by atoms with Gasteiger partial charge in [-0.25, -0.2) is 0 Å². The minimum absolute atomic E-state index is 0.655. The largest absolute Gasteiger partial charge is 0.381 e. The molecule has 0 aromatic carbocycles. The van der Waals surface area contributed by atoms with Crippen molar-refractivity contribution < 1.29 is 4.74 Å². The maximum absolute atomic E-state index is 5.35. The molecule has 1 saturated heterocycles. The molecule has 1 aliphatic rings. The maximum Gasteiger partial charge on any atom is 0.0469 e. The lowest BCUT2D eigenvalue weighted by Crippen LogP contribution is -2.37. The van der Waals surface area contributed by atoms with Crippen molar-refractivity contribution in [1.29, 1.82) is 0 Å². The molecule has 2 unspecified atom stereocenters. The van der Waals surface area contributed by atoms with Crippen molar-refractivity contribution in [2.24, 2.45) is 11.8 Å². The van der Waals surface area contributed by atoms with Gasteiger partial charge >= 0.3 is 0 Å². The highest BCUT2D eigenvalue weighted by Crippen LogP contribution is 2.14. The van der Waals surface area contributed by atoms with Crippen LogP contribution in [0.4, 0.5) is 0 Å². The van der Waals surface area contributed by atoms with E-state index in [1.807, 2.05) is 0 Å². The number of nitrogens with one attached hydrogen (secondary N) is 1. The van der Waals surface area contributed by atoms with Crippen LogP contribution in [0.3, 0.4) is 0 Å². The second-order valence-electron chi connectivity index (χ2n) is 4.64. The summed E-state index contributed by atoms with van der Waals surface area (Å²) in [4.78, 5) is 0. The molecule has 0 aliphatic carbocycles. The van der Waals surface area contributed by atoms with Crippen LogP contribution < -0.4 is 5.32 Å². The number of hydrogen-bond acceptors (Lipinski definition) is 2. The third-order valence-electron chi connectivity index (χ3n) is 3.57. The van der Waals surface area contributed by atoms with E-state index in [-0.39, 0.29) is 0 Å². The van der Waals surface area contributed by atoms with Crippen LogP contribution in [0.15, 0.2) is 0 Å².